The summed E-state index contributed by atoms with van der Waals surface area (Å²) < 4.78 is 23.1. The van der Waals surface area contributed by atoms with Gasteiger partial charge in [-0.3, -0.25) is 4.79 Å². The van der Waals surface area contributed by atoms with Crippen LogP contribution >= 0.6 is 0 Å². The SMILES string of the molecule is C=C1C(=O)O[C@@H]2[C@@H]1CC/C(CNC(=O)NCC(=O)NC/C1=C/CC[C@@]3(C)O[C@H]3[C@H]3OC(=O)C(=C)[C@@H]3CC1)=C\CC[C@]1(C)O[C@H]21. The molecule has 0 unspecified atom stereocenters. The van der Waals surface area contributed by atoms with Crippen LogP contribution in [0.4, 0.5) is 4.79 Å². The Morgan fingerprint density at radius 2 is 1.27 bits per heavy atom. The Morgan fingerprint density at radius 3 is 1.77 bits per heavy atom. The molecule has 0 aromatic carbocycles. The van der Waals surface area contributed by atoms with Crippen LogP contribution in [0.3, 0.4) is 0 Å². The zero-order chi connectivity index (χ0) is 31.2. The van der Waals surface area contributed by atoms with Crippen LogP contribution < -0.4 is 16.0 Å². The second-order valence-corrected chi connectivity index (χ2v) is 13.4. The summed E-state index contributed by atoms with van der Waals surface area (Å²) in [7, 11) is 0. The molecule has 4 saturated heterocycles. The Hall–Kier alpha value is -3.44. The highest BCUT2D eigenvalue weighted by Crippen LogP contribution is 2.51. The third kappa shape index (κ3) is 6.21. The first-order chi connectivity index (χ1) is 21.0. The molecule has 11 nitrogen and oxygen atoms in total. The lowest BCUT2D eigenvalue weighted by Crippen LogP contribution is -2.43. The van der Waals surface area contributed by atoms with E-state index in [4.69, 9.17) is 18.9 Å². The van der Waals surface area contributed by atoms with E-state index in [1.807, 2.05) is 13.8 Å². The molecule has 4 fully saturated rings. The fourth-order valence-corrected chi connectivity index (χ4v) is 7.25. The Balaban J connectivity index is 0.949. The molecule has 6 rings (SSSR count). The molecule has 0 radical (unpaired) electrons. The van der Waals surface area contributed by atoms with Crippen molar-refractivity contribution in [3.63, 3.8) is 0 Å². The lowest BCUT2D eigenvalue weighted by atomic mass is 9.84. The highest BCUT2D eigenvalue weighted by molar-refractivity contribution is 5.91. The second-order valence-electron chi connectivity index (χ2n) is 13.4. The van der Waals surface area contributed by atoms with Crippen molar-refractivity contribution in [3.8, 4) is 0 Å². The quantitative estimate of drug-likeness (QED) is 0.180. The van der Waals surface area contributed by atoms with Crippen molar-refractivity contribution in [3.05, 3.63) is 47.6 Å². The number of esters is 2. The normalized spacial score (nSPS) is 40.2. The van der Waals surface area contributed by atoms with Crippen molar-refractivity contribution in [1.29, 1.82) is 0 Å². The number of fused-ring (bicyclic) bond motifs is 6. The van der Waals surface area contributed by atoms with Crippen LogP contribution in [0.1, 0.15) is 65.2 Å². The molecule has 238 valence electrons. The predicted octanol–water partition coefficient (Wildman–Crippen LogP) is 2.91. The third-order valence-electron chi connectivity index (χ3n) is 10.3. The largest absolute Gasteiger partial charge is 0.455 e. The molecule has 0 aromatic rings. The molecule has 44 heavy (non-hydrogen) atoms. The van der Waals surface area contributed by atoms with E-state index in [9.17, 15) is 19.2 Å². The summed E-state index contributed by atoms with van der Waals surface area (Å²) in [6.07, 6.45) is 9.43. The van der Waals surface area contributed by atoms with Gasteiger partial charge < -0.3 is 34.9 Å². The molecule has 4 heterocycles. The van der Waals surface area contributed by atoms with Crippen LogP contribution in [0.15, 0.2) is 47.6 Å². The van der Waals surface area contributed by atoms with Gasteiger partial charge in [-0.2, -0.15) is 0 Å². The second kappa shape index (κ2) is 11.8. The standard InChI is InChI=1S/C33H43N3O8/c1-18-22-11-9-20(7-5-13-32(3)27(43-32)25(22)41-29(18)38)15-34-24(37)17-36-31(40)35-16-21-8-6-14-33(4)28(44-33)26-23(12-10-21)19(2)30(39)42-26/h7-8,22-23,25-28H,1-2,5-6,9-17H2,3-4H3,(H,34,37)(H2,35,36,40)/b20-7+,21-8+/t22-,23+,25-,26+,27-,28+,32+,33-/m0/s1. The van der Waals surface area contributed by atoms with Gasteiger partial charge in [-0.15, -0.1) is 0 Å². The average Bonchev–Trinajstić information content (AvgIpc) is 3.80. The minimum Gasteiger partial charge on any atom is -0.455 e. The number of amides is 3. The number of nitrogens with one attached hydrogen (secondary N) is 3. The number of rotatable bonds is 6. The molecule has 0 spiro atoms. The minimum atomic E-state index is -0.432. The molecule has 3 N–H and O–H groups in total. The summed E-state index contributed by atoms with van der Waals surface area (Å²) in [5.74, 6) is -1.20. The van der Waals surface area contributed by atoms with Gasteiger partial charge in [0.1, 0.15) is 24.4 Å². The Kier molecular flexibility index (Phi) is 8.21. The first kappa shape index (κ1) is 30.6. The van der Waals surface area contributed by atoms with E-state index < -0.39 is 6.03 Å². The number of allylic oxidation sites excluding steroid dienone is 2. The Bertz CT molecular complexity index is 1240. The molecule has 0 saturated carbocycles. The number of hydrogen-bond acceptors (Lipinski definition) is 8. The fourth-order valence-electron chi connectivity index (χ4n) is 7.25. The van der Waals surface area contributed by atoms with Crippen LogP contribution in [-0.2, 0) is 33.3 Å². The third-order valence-corrected chi connectivity index (χ3v) is 10.3. The number of ether oxygens (including phenoxy) is 4. The van der Waals surface area contributed by atoms with Gasteiger partial charge in [0.05, 0.1) is 17.7 Å². The van der Waals surface area contributed by atoms with Crippen LogP contribution in [0.2, 0.25) is 0 Å². The number of urea groups is 1. The molecule has 0 bridgehead atoms. The van der Waals surface area contributed by atoms with Crippen molar-refractivity contribution < 1.29 is 38.1 Å². The fraction of sp³-hybridized carbons (Fsp3) is 0.636. The van der Waals surface area contributed by atoms with Crippen LogP contribution in [0.25, 0.3) is 0 Å². The van der Waals surface area contributed by atoms with Crippen LogP contribution in [0.5, 0.6) is 0 Å². The van der Waals surface area contributed by atoms with Crippen molar-refractivity contribution >= 4 is 23.9 Å². The van der Waals surface area contributed by atoms with Crippen molar-refractivity contribution in [1.82, 2.24) is 16.0 Å². The minimum absolute atomic E-state index is 0.0940. The van der Waals surface area contributed by atoms with Crippen molar-refractivity contribution in [2.24, 2.45) is 11.8 Å². The van der Waals surface area contributed by atoms with E-state index in [0.29, 0.717) is 49.9 Å². The van der Waals surface area contributed by atoms with Crippen molar-refractivity contribution in [2.45, 2.75) is 101 Å². The Morgan fingerprint density at radius 1 is 0.795 bits per heavy atom. The number of epoxide rings is 2. The van der Waals surface area contributed by atoms with E-state index in [0.717, 1.165) is 36.8 Å². The molecular weight excluding hydrogens is 566 g/mol. The molecule has 4 aliphatic heterocycles. The maximum Gasteiger partial charge on any atom is 0.334 e. The summed E-state index contributed by atoms with van der Waals surface area (Å²) in [5.41, 5.74) is 2.47. The lowest BCUT2D eigenvalue weighted by molar-refractivity contribution is -0.140. The van der Waals surface area contributed by atoms with Gasteiger partial charge >= 0.3 is 18.0 Å². The maximum absolute atomic E-state index is 12.6. The predicted molar refractivity (Wildman–Crippen MR) is 159 cm³/mol. The van der Waals surface area contributed by atoms with E-state index >= 15 is 0 Å². The summed E-state index contributed by atoms with van der Waals surface area (Å²) in [5, 5.41) is 8.40. The summed E-state index contributed by atoms with van der Waals surface area (Å²) in [4.78, 5) is 49.5. The molecule has 2 aliphatic carbocycles. The van der Waals surface area contributed by atoms with Gasteiger partial charge in [0.25, 0.3) is 0 Å². The summed E-state index contributed by atoms with van der Waals surface area (Å²) in [6.45, 7) is 12.5. The smallest absolute Gasteiger partial charge is 0.334 e. The molecule has 0 aromatic heterocycles. The average molecular weight is 610 g/mol. The van der Waals surface area contributed by atoms with Gasteiger partial charge in [-0.1, -0.05) is 36.5 Å². The van der Waals surface area contributed by atoms with Gasteiger partial charge in [-0.25, -0.2) is 14.4 Å². The van der Waals surface area contributed by atoms with Crippen molar-refractivity contribution in [2.75, 3.05) is 19.6 Å². The van der Waals surface area contributed by atoms with Gasteiger partial charge in [0.15, 0.2) is 0 Å². The summed E-state index contributed by atoms with van der Waals surface area (Å²) >= 11 is 0. The lowest BCUT2D eigenvalue weighted by Gasteiger charge is -2.20. The highest BCUT2D eigenvalue weighted by Gasteiger charge is 2.62. The van der Waals surface area contributed by atoms with Crippen LogP contribution in [0, 0.1) is 11.8 Å². The van der Waals surface area contributed by atoms with E-state index in [2.05, 4.69) is 41.3 Å². The van der Waals surface area contributed by atoms with E-state index in [1.54, 1.807) is 0 Å². The number of carbonyl (C=O) groups is 4. The number of carbonyl (C=O) groups excluding carboxylic acids is 4. The topological polar surface area (TPSA) is 148 Å². The summed E-state index contributed by atoms with van der Waals surface area (Å²) in [6, 6.07) is -0.432. The maximum atomic E-state index is 12.6. The van der Waals surface area contributed by atoms with E-state index in [1.165, 1.54) is 0 Å². The van der Waals surface area contributed by atoms with Gasteiger partial charge in [0, 0.05) is 36.1 Å². The molecule has 6 aliphatic rings. The zero-order valence-corrected chi connectivity index (χ0v) is 25.6. The van der Waals surface area contributed by atoms with Crippen LogP contribution in [-0.4, -0.2) is 79.1 Å². The monoisotopic (exact) mass is 609 g/mol. The number of hydrogen-bond donors (Lipinski definition) is 3. The molecule has 3 amide bonds. The molecule has 11 heteroatoms. The highest BCUT2D eigenvalue weighted by atomic mass is 16.7. The van der Waals surface area contributed by atoms with Gasteiger partial charge in [-0.05, 0) is 65.2 Å². The zero-order valence-electron chi connectivity index (χ0n) is 25.6. The molecular formula is C33H43N3O8. The van der Waals surface area contributed by atoms with E-state index in [-0.39, 0.29) is 71.8 Å². The van der Waals surface area contributed by atoms with Gasteiger partial charge in [0.2, 0.25) is 5.91 Å². The first-order valence-corrected chi connectivity index (χ1v) is 15.8. The molecule has 8 atom stereocenters. The first-order valence-electron chi connectivity index (χ1n) is 15.8. The Labute approximate surface area is 257 Å².